The standard InChI is InChI=1S/C12H18.C6H5NO2/c1-7-8(2)10(4)12(6)11(5)9(7)3;8-7(9)6-4-2-1-3-5-6/h1-6H3;1-5H. The first-order chi connectivity index (χ1) is 9.77. The molecule has 0 aliphatic rings. The Labute approximate surface area is 126 Å². The molecule has 0 spiro atoms. The number of para-hydroxylation sites is 1. The Kier molecular flexibility index (Phi) is 5.65. The fourth-order valence-electron chi connectivity index (χ4n) is 2.24. The summed E-state index contributed by atoms with van der Waals surface area (Å²) in [6, 6.07) is 7.93. The van der Waals surface area contributed by atoms with Gasteiger partial charge < -0.3 is 0 Å². The maximum absolute atomic E-state index is 10.0. The molecule has 0 aromatic heterocycles. The Morgan fingerprint density at radius 3 is 1.14 bits per heavy atom. The van der Waals surface area contributed by atoms with Gasteiger partial charge in [0, 0.05) is 12.1 Å². The summed E-state index contributed by atoms with van der Waals surface area (Å²) in [5.41, 5.74) is 8.86. The smallest absolute Gasteiger partial charge is 0.258 e. The van der Waals surface area contributed by atoms with E-state index in [-0.39, 0.29) is 5.69 Å². The maximum atomic E-state index is 10.0. The third-order valence-electron chi connectivity index (χ3n) is 4.34. The number of nitro groups is 1. The number of rotatable bonds is 1. The van der Waals surface area contributed by atoms with E-state index in [9.17, 15) is 10.1 Å². The Balaban J connectivity index is 0.000000219. The van der Waals surface area contributed by atoms with Crippen molar-refractivity contribution < 1.29 is 4.92 Å². The molecule has 0 fully saturated rings. The first-order valence-corrected chi connectivity index (χ1v) is 7.00. The normalized spacial score (nSPS) is 9.81. The van der Waals surface area contributed by atoms with Crippen LogP contribution in [0.1, 0.15) is 33.4 Å². The Bertz CT molecular complexity index is 541. The third kappa shape index (κ3) is 3.91. The summed E-state index contributed by atoms with van der Waals surface area (Å²) in [5.74, 6) is 0. The van der Waals surface area contributed by atoms with Gasteiger partial charge in [-0.1, -0.05) is 18.2 Å². The second-order valence-corrected chi connectivity index (χ2v) is 5.34. The number of benzene rings is 2. The van der Waals surface area contributed by atoms with Gasteiger partial charge in [-0.3, -0.25) is 10.1 Å². The van der Waals surface area contributed by atoms with E-state index in [1.807, 2.05) is 0 Å². The molecule has 2 aromatic carbocycles. The molecule has 2 aromatic rings. The summed E-state index contributed by atoms with van der Waals surface area (Å²) < 4.78 is 0. The van der Waals surface area contributed by atoms with Gasteiger partial charge in [0.25, 0.3) is 5.69 Å². The van der Waals surface area contributed by atoms with Gasteiger partial charge in [-0.15, -0.1) is 0 Å². The van der Waals surface area contributed by atoms with Crippen LogP contribution in [0.15, 0.2) is 30.3 Å². The van der Waals surface area contributed by atoms with Crippen molar-refractivity contribution in [3.63, 3.8) is 0 Å². The van der Waals surface area contributed by atoms with Crippen LogP contribution in [-0.2, 0) is 0 Å². The van der Waals surface area contributed by atoms with E-state index in [2.05, 4.69) is 41.5 Å². The molecule has 0 unspecified atom stereocenters. The molecule has 2 rings (SSSR count). The van der Waals surface area contributed by atoms with E-state index in [1.165, 1.54) is 45.5 Å². The summed E-state index contributed by atoms with van der Waals surface area (Å²) in [5, 5.41) is 10.0. The molecule has 0 atom stereocenters. The second-order valence-electron chi connectivity index (χ2n) is 5.34. The summed E-state index contributed by atoms with van der Waals surface area (Å²) in [6.45, 7) is 13.3. The van der Waals surface area contributed by atoms with Crippen LogP contribution < -0.4 is 0 Å². The van der Waals surface area contributed by atoms with Crippen molar-refractivity contribution in [2.75, 3.05) is 0 Å². The van der Waals surface area contributed by atoms with E-state index in [4.69, 9.17) is 0 Å². The number of nitrogens with zero attached hydrogens (tertiary/aromatic N) is 1. The molecular weight excluding hydrogens is 262 g/mol. The lowest BCUT2D eigenvalue weighted by atomic mass is 9.90. The highest BCUT2D eigenvalue weighted by Gasteiger charge is 2.07. The van der Waals surface area contributed by atoms with Gasteiger partial charge in [0.1, 0.15) is 0 Å². The number of nitro benzene ring substituents is 1. The van der Waals surface area contributed by atoms with Crippen LogP contribution in [0.5, 0.6) is 0 Å². The minimum atomic E-state index is -0.417. The molecule has 0 aliphatic carbocycles. The first-order valence-electron chi connectivity index (χ1n) is 7.00. The lowest BCUT2D eigenvalue weighted by Crippen LogP contribution is -1.98. The third-order valence-corrected chi connectivity index (χ3v) is 4.34. The molecule has 0 N–H and O–H groups in total. The van der Waals surface area contributed by atoms with Crippen molar-refractivity contribution in [1.82, 2.24) is 0 Å². The van der Waals surface area contributed by atoms with Crippen LogP contribution in [-0.4, -0.2) is 4.92 Å². The lowest BCUT2D eigenvalue weighted by Gasteiger charge is -2.15. The van der Waals surface area contributed by atoms with Crippen molar-refractivity contribution in [2.45, 2.75) is 41.5 Å². The number of non-ortho nitro benzene ring substituents is 1. The molecule has 0 bridgehead atoms. The fourth-order valence-corrected chi connectivity index (χ4v) is 2.24. The highest BCUT2D eigenvalue weighted by Crippen LogP contribution is 2.24. The molecule has 112 valence electrons. The quantitative estimate of drug-likeness (QED) is 0.538. The Morgan fingerprint density at radius 2 is 0.952 bits per heavy atom. The zero-order valence-corrected chi connectivity index (χ0v) is 13.7. The SMILES string of the molecule is Cc1c(C)c(C)c(C)c(C)c1C.O=[N+]([O-])c1ccccc1. The highest BCUT2D eigenvalue weighted by molar-refractivity contribution is 5.48. The number of hydrogen-bond acceptors (Lipinski definition) is 2. The van der Waals surface area contributed by atoms with Crippen LogP contribution in [0.4, 0.5) is 5.69 Å². The summed E-state index contributed by atoms with van der Waals surface area (Å²) in [4.78, 5) is 9.59. The molecular formula is C18H23NO2. The van der Waals surface area contributed by atoms with E-state index < -0.39 is 4.92 Å². The maximum Gasteiger partial charge on any atom is 0.269 e. The van der Waals surface area contributed by atoms with Crippen molar-refractivity contribution >= 4 is 5.69 Å². The molecule has 0 aliphatic heterocycles. The van der Waals surface area contributed by atoms with Gasteiger partial charge in [0.15, 0.2) is 0 Å². The summed E-state index contributed by atoms with van der Waals surface area (Å²) >= 11 is 0. The lowest BCUT2D eigenvalue weighted by molar-refractivity contribution is -0.384. The molecule has 0 saturated heterocycles. The largest absolute Gasteiger partial charge is 0.269 e. The van der Waals surface area contributed by atoms with Crippen LogP contribution in [0.2, 0.25) is 0 Å². The predicted octanol–water partition coefficient (Wildman–Crippen LogP) is 5.13. The monoisotopic (exact) mass is 285 g/mol. The average Bonchev–Trinajstić information content (AvgIpc) is 2.50. The molecule has 0 amide bonds. The zero-order chi connectivity index (χ0) is 16.2. The highest BCUT2D eigenvalue weighted by atomic mass is 16.6. The molecule has 3 nitrogen and oxygen atoms in total. The zero-order valence-electron chi connectivity index (χ0n) is 13.7. The van der Waals surface area contributed by atoms with E-state index in [0.29, 0.717) is 0 Å². The van der Waals surface area contributed by atoms with Crippen molar-refractivity contribution in [3.05, 3.63) is 73.8 Å². The minimum Gasteiger partial charge on any atom is -0.258 e. The van der Waals surface area contributed by atoms with Crippen molar-refractivity contribution in [2.24, 2.45) is 0 Å². The molecule has 21 heavy (non-hydrogen) atoms. The van der Waals surface area contributed by atoms with Gasteiger partial charge in [0.2, 0.25) is 0 Å². The van der Waals surface area contributed by atoms with Gasteiger partial charge in [-0.25, -0.2) is 0 Å². The topological polar surface area (TPSA) is 43.1 Å². The van der Waals surface area contributed by atoms with Crippen LogP contribution in [0.3, 0.4) is 0 Å². The molecule has 3 heteroatoms. The Hall–Kier alpha value is -2.16. The average molecular weight is 285 g/mol. The van der Waals surface area contributed by atoms with Crippen LogP contribution >= 0.6 is 0 Å². The van der Waals surface area contributed by atoms with Gasteiger partial charge in [-0.05, 0) is 74.9 Å². The van der Waals surface area contributed by atoms with Gasteiger partial charge in [-0.2, -0.15) is 0 Å². The van der Waals surface area contributed by atoms with Crippen LogP contribution in [0.25, 0.3) is 0 Å². The number of hydrogen-bond donors (Lipinski definition) is 0. The van der Waals surface area contributed by atoms with E-state index in [0.717, 1.165) is 0 Å². The molecule has 0 saturated carbocycles. The Morgan fingerprint density at radius 1 is 0.667 bits per heavy atom. The fraction of sp³-hybridized carbons (Fsp3) is 0.333. The summed E-state index contributed by atoms with van der Waals surface area (Å²) in [6.07, 6.45) is 0. The first kappa shape index (κ1) is 16.9. The van der Waals surface area contributed by atoms with Crippen LogP contribution in [0, 0.1) is 51.7 Å². The molecule has 0 heterocycles. The predicted molar refractivity (Wildman–Crippen MR) is 88.0 cm³/mol. The van der Waals surface area contributed by atoms with Gasteiger partial charge in [0.05, 0.1) is 4.92 Å². The second kappa shape index (κ2) is 7.02. The van der Waals surface area contributed by atoms with Crippen molar-refractivity contribution in [1.29, 1.82) is 0 Å². The van der Waals surface area contributed by atoms with E-state index >= 15 is 0 Å². The minimum absolute atomic E-state index is 0.137. The van der Waals surface area contributed by atoms with Crippen molar-refractivity contribution in [3.8, 4) is 0 Å². The van der Waals surface area contributed by atoms with E-state index in [1.54, 1.807) is 18.2 Å². The molecule has 0 radical (unpaired) electrons. The summed E-state index contributed by atoms with van der Waals surface area (Å²) in [7, 11) is 0. The van der Waals surface area contributed by atoms with Gasteiger partial charge >= 0.3 is 0 Å².